The molecular formula is C20H20ClN5O2. The Bertz CT molecular complexity index is 968. The van der Waals surface area contributed by atoms with E-state index in [-0.39, 0.29) is 11.8 Å². The summed E-state index contributed by atoms with van der Waals surface area (Å²) in [6, 6.07) is 9.45. The smallest absolute Gasteiger partial charge is 0.248 e. The number of aliphatic hydroxyl groups excluding tert-OH is 1. The number of benzene rings is 1. The van der Waals surface area contributed by atoms with E-state index in [1.54, 1.807) is 11.1 Å². The fraction of sp³-hybridized carbons (Fsp3) is 0.300. The number of aromatic nitrogens is 4. The third kappa shape index (κ3) is 3.63. The zero-order valence-corrected chi connectivity index (χ0v) is 15.9. The topological polar surface area (TPSA) is 95.0 Å². The van der Waals surface area contributed by atoms with Crippen LogP contribution in [0.3, 0.4) is 0 Å². The van der Waals surface area contributed by atoms with Gasteiger partial charge in [-0.05, 0) is 31.0 Å². The summed E-state index contributed by atoms with van der Waals surface area (Å²) in [5, 5.41) is 17.5. The van der Waals surface area contributed by atoms with Crippen LogP contribution >= 0.6 is 11.6 Å². The van der Waals surface area contributed by atoms with E-state index in [0.29, 0.717) is 18.1 Å². The highest BCUT2D eigenvalue weighted by molar-refractivity contribution is 6.30. The number of hydrogen-bond donors (Lipinski definition) is 2. The zero-order chi connectivity index (χ0) is 19.5. The Hall–Kier alpha value is -2.77. The molecule has 0 atom stereocenters. The summed E-state index contributed by atoms with van der Waals surface area (Å²) in [6.45, 7) is 0.775. The molecule has 0 radical (unpaired) electrons. The van der Waals surface area contributed by atoms with Crippen molar-refractivity contribution in [1.82, 2.24) is 25.1 Å². The van der Waals surface area contributed by atoms with Gasteiger partial charge in [0.2, 0.25) is 5.91 Å². The van der Waals surface area contributed by atoms with Crippen LogP contribution in [0.5, 0.6) is 0 Å². The van der Waals surface area contributed by atoms with Gasteiger partial charge < -0.3 is 10.0 Å². The van der Waals surface area contributed by atoms with Gasteiger partial charge >= 0.3 is 0 Å². The van der Waals surface area contributed by atoms with E-state index < -0.39 is 6.61 Å². The summed E-state index contributed by atoms with van der Waals surface area (Å²) in [7, 11) is 0. The van der Waals surface area contributed by atoms with Crippen molar-refractivity contribution in [2.45, 2.75) is 18.8 Å². The molecule has 0 aliphatic carbocycles. The van der Waals surface area contributed by atoms with Crippen molar-refractivity contribution in [3.63, 3.8) is 0 Å². The average Bonchev–Trinajstić information content (AvgIpc) is 3.19. The van der Waals surface area contributed by atoms with Crippen LogP contribution in [-0.4, -0.2) is 55.8 Å². The zero-order valence-electron chi connectivity index (χ0n) is 15.2. The largest absolute Gasteiger partial charge is 0.387 e. The monoisotopic (exact) mass is 397 g/mol. The number of carbonyl (C=O) groups is 1. The lowest BCUT2D eigenvalue weighted by Gasteiger charge is -2.31. The lowest BCUT2D eigenvalue weighted by molar-refractivity contribution is -0.135. The van der Waals surface area contributed by atoms with Gasteiger partial charge in [0.05, 0.1) is 5.69 Å². The van der Waals surface area contributed by atoms with E-state index in [1.807, 2.05) is 30.3 Å². The van der Waals surface area contributed by atoms with Crippen molar-refractivity contribution in [3.05, 3.63) is 53.6 Å². The van der Waals surface area contributed by atoms with Gasteiger partial charge in [0, 0.05) is 47.0 Å². The molecule has 0 spiro atoms. The highest BCUT2D eigenvalue weighted by Crippen LogP contribution is 2.39. The summed E-state index contributed by atoms with van der Waals surface area (Å²) in [5.74, 6) is -0.00755. The Kier molecular flexibility index (Phi) is 5.36. The number of piperidine rings is 1. The maximum Gasteiger partial charge on any atom is 0.248 e. The Morgan fingerprint density at radius 3 is 2.79 bits per heavy atom. The number of aromatic amines is 1. The number of hydrogen-bond acceptors (Lipinski definition) is 5. The first-order valence-electron chi connectivity index (χ1n) is 9.16. The van der Waals surface area contributed by atoms with Gasteiger partial charge in [0.25, 0.3) is 0 Å². The molecule has 1 fully saturated rings. The van der Waals surface area contributed by atoms with Crippen molar-refractivity contribution >= 4 is 17.5 Å². The summed E-state index contributed by atoms with van der Waals surface area (Å²) < 4.78 is 0. The van der Waals surface area contributed by atoms with E-state index in [1.165, 1.54) is 6.33 Å². The normalized spacial score (nSPS) is 15.0. The molecule has 2 N–H and O–H groups in total. The molecule has 144 valence electrons. The first-order chi connectivity index (χ1) is 13.7. The van der Waals surface area contributed by atoms with Gasteiger partial charge in [-0.3, -0.25) is 9.89 Å². The van der Waals surface area contributed by atoms with Crippen molar-refractivity contribution in [2.75, 3.05) is 19.7 Å². The molecular weight excluding hydrogens is 378 g/mol. The molecule has 0 unspecified atom stereocenters. The number of halogens is 1. The molecule has 3 heterocycles. The van der Waals surface area contributed by atoms with Crippen LogP contribution < -0.4 is 0 Å². The highest BCUT2D eigenvalue weighted by atomic mass is 35.5. The van der Waals surface area contributed by atoms with Crippen LogP contribution in [0, 0.1) is 0 Å². The molecule has 0 saturated carbocycles. The van der Waals surface area contributed by atoms with Gasteiger partial charge in [-0.15, -0.1) is 0 Å². The number of likely N-dealkylation sites (tertiary alicyclic amines) is 1. The number of amides is 1. The summed E-state index contributed by atoms with van der Waals surface area (Å²) in [5.41, 5.74) is 4.45. The molecule has 7 nitrogen and oxygen atoms in total. The fourth-order valence-corrected chi connectivity index (χ4v) is 3.90. The average molecular weight is 398 g/mol. The van der Waals surface area contributed by atoms with Gasteiger partial charge in [-0.25, -0.2) is 9.97 Å². The Labute approximate surface area is 167 Å². The second kappa shape index (κ2) is 8.08. The number of nitrogens with one attached hydrogen (secondary N) is 1. The first-order valence-corrected chi connectivity index (χ1v) is 9.54. The van der Waals surface area contributed by atoms with Crippen LogP contribution in [0.2, 0.25) is 5.02 Å². The molecule has 1 aliphatic rings. The third-order valence-corrected chi connectivity index (χ3v) is 5.36. The molecule has 3 aromatic rings. The van der Waals surface area contributed by atoms with Crippen LogP contribution in [0.4, 0.5) is 0 Å². The molecule has 1 aliphatic heterocycles. The summed E-state index contributed by atoms with van der Waals surface area (Å²) in [4.78, 5) is 21.9. The molecule has 1 aromatic carbocycles. The van der Waals surface area contributed by atoms with Crippen LogP contribution in [0.25, 0.3) is 22.5 Å². The number of aliphatic hydroxyl groups is 1. The Morgan fingerprint density at radius 1 is 1.29 bits per heavy atom. The first kappa shape index (κ1) is 18.6. The molecule has 1 saturated heterocycles. The van der Waals surface area contributed by atoms with Gasteiger partial charge in [0.1, 0.15) is 18.6 Å². The van der Waals surface area contributed by atoms with E-state index in [0.717, 1.165) is 41.1 Å². The number of carbonyl (C=O) groups excluding carboxylic acids is 1. The van der Waals surface area contributed by atoms with Crippen LogP contribution in [0.15, 0.2) is 42.9 Å². The van der Waals surface area contributed by atoms with E-state index in [4.69, 9.17) is 16.7 Å². The molecule has 2 aromatic heterocycles. The molecule has 8 heteroatoms. The second-order valence-electron chi connectivity index (χ2n) is 6.78. The minimum atomic E-state index is -0.445. The van der Waals surface area contributed by atoms with Gasteiger partial charge in [-0.2, -0.15) is 5.10 Å². The Balaban J connectivity index is 1.72. The predicted octanol–water partition coefficient (Wildman–Crippen LogP) is 2.89. The van der Waals surface area contributed by atoms with Crippen molar-refractivity contribution < 1.29 is 9.90 Å². The highest BCUT2D eigenvalue weighted by Gasteiger charge is 2.29. The summed E-state index contributed by atoms with van der Waals surface area (Å²) in [6.07, 6.45) is 4.82. The van der Waals surface area contributed by atoms with Crippen molar-refractivity contribution in [1.29, 1.82) is 0 Å². The maximum absolute atomic E-state index is 11.7. The molecule has 4 rings (SSSR count). The molecule has 1 amide bonds. The fourth-order valence-electron chi connectivity index (χ4n) is 3.71. The second-order valence-corrected chi connectivity index (χ2v) is 7.22. The van der Waals surface area contributed by atoms with Crippen LogP contribution in [0.1, 0.15) is 24.5 Å². The maximum atomic E-state index is 11.7. The lowest BCUT2D eigenvalue weighted by Crippen LogP contribution is -2.39. The quantitative estimate of drug-likeness (QED) is 0.705. The summed E-state index contributed by atoms with van der Waals surface area (Å²) >= 11 is 6.19. The molecule has 28 heavy (non-hydrogen) atoms. The minimum Gasteiger partial charge on any atom is -0.387 e. The number of nitrogens with zero attached hydrogens (tertiary/aromatic N) is 4. The van der Waals surface area contributed by atoms with E-state index >= 15 is 0 Å². The van der Waals surface area contributed by atoms with E-state index in [2.05, 4.69) is 20.2 Å². The standard InChI is InChI=1S/C20H20ClN5O2/c21-15-3-1-2-14(10-15)20-18(16-4-7-22-12-23-16)19(24-25-20)13-5-8-26(9-6-13)17(28)11-27/h1-4,7,10,12-13,27H,5-6,8-9,11H2,(H,24,25). The van der Waals surface area contributed by atoms with Gasteiger partial charge in [0.15, 0.2) is 0 Å². The SMILES string of the molecule is O=C(CO)N1CCC(c2[nH]nc(-c3cccc(Cl)c3)c2-c2ccncn2)CC1. The molecule has 0 bridgehead atoms. The van der Waals surface area contributed by atoms with Crippen LogP contribution in [-0.2, 0) is 4.79 Å². The number of rotatable bonds is 4. The predicted molar refractivity (Wildman–Crippen MR) is 106 cm³/mol. The van der Waals surface area contributed by atoms with Crippen molar-refractivity contribution in [3.8, 4) is 22.5 Å². The lowest BCUT2D eigenvalue weighted by atomic mass is 9.89. The van der Waals surface area contributed by atoms with E-state index in [9.17, 15) is 4.79 Å². The Morgan fingerprint density at radius 2 is 2.11 bits per heavy atom. The third-order valence-electron chi connectivity index (χ3n) is 5.12. The minimum absolute atomic E-state index is 0.216. The van der Waals surface area contributed by atoms with Gasteiger partial charge in [-0.1, -0.05) is 23.7 Å². The number of H-pyrrole nitrogens is 1. The van der Waals surface area contributed by atoms with Crippen molar-refractivity contribution in [2.24, 2.45) is 0 Å².